The minimum absolute atomic E-state index is 0.0800. The number of nitrogens with zero attached hydrogens (tertiary/aromatic N) is 1. The van der Waals surface area contributed by atoms with Gasteiger partial charge in [0.15, 0.2) is 0 Å². The summed E-state index contributed by atoms with van der Waals surface area (Å²) in [5, 5.41) is 20.9. The normalized spacial score (nSPS) is 45.1. The molecule has 4 bridgehead atoms. The standard InChI is InChI=1S/C14H21NO4/c1-8(2-13(16)17)14(15(18)19)11-4-9-3-10(6-11)7-12(14)5-9/h8-12H,2-7H2,1H3,(H,16,17). The summed E-state index contributed by atoms with van der Waals surface area (Å²) in [6, 6.07) is 0. The molecule has 5 nitrogen and oxygen atoms in total. The number of hydrogen-bond acceptors (Lipinski definition) is 3. The van der Waals surface area contributed by atoms with Gasteiger partial charge in [0.2, 0.25) is 5.54 Å². The maximum atomic E-state index is 11.8. The average molecular weight is 267 g/mol. The number of rotatable bonds is 4. The molecular formula is C14H21NO4. The van der Waals surface area contributed by atoms with Gasteiger partial charge >= 0.3 is 5.97 Å². The number of nitro groups is 1. The van der Waals surface area contributed by atoms with Gasteiger partial charge in [0.1, 0.15) is 0 Å². The van der Waals surface area contributed by atoms with Crippen molar-refractivity contribution in [2.45, 2.75) is 51.0 Å². The lowest BCUT2D eigenvalue weighted by Gasteiger charge is -2.57. The molecule has 0 spiro atoms. The van der Waals surface area contributed by atoms with Gasteiger partial charge < -0.3 is 5.11 Å². The largest absolute Gasteiger partial charge is 0.481 e. The summed E-state index contributed by atoms with van der Waals surface area (Å²) in [5.74, 6) is 0.249. The zero-order chi connectivity index (χ0) is 13.8. The van der Waals surface area contributed by atoms with Crippen LogP contribution in [-0.4, -0.2) is 21.5 Å². The van der Waals surface area contributed by atoms with Crippen LogP contribution in [0.2, 0.25) is 0 Å². The van der Waals surface area contributed by atoms with Crippen molar-refractivity contribution in [1.82, 2.24) is 0 Å². The first-order chi connectivity index (χ1) is 8.94. The highest BCUT2D eigenvalue weighted by atomic mass is 16.6. The predicted octanol–water partition coefficient (Wildman–Crippen LogP) is 2.57. The van der Waals surface area contributed by atoms with E-state index in [-0.39, 0.29) is 29.1 Å². The van der Waals surface area contributed by atoms with Gasteiger partial charge in [0.05, 0.1) is 6.42 Å². The van der Waals surface area contributed by atoms with Crippen LogP contribution in [0.1, 0.15) is 45.4 Å². The molecule has 0 amide bonds. The van der Waals surface area contributed by atoms with E-state index in [0.29, 0.717) is 11.8 Å². The topological polar surface area (TPSA) is 80.4 Å². The van der Waals surface area contributed by atoms with Crippen molar-refractivity contribution in [3.05, 3.63) is 10.1 Å². The maximum absolute atomic E-state index is 11.8. The van der Waals surface area contributed by atoms with Crippen LogP contribution in [0.25, 0.3) is 0 Å². The van der Waals surface area contributed by atoms with Gasteiger partial charge in [-0.25, -0.2) is 0 Å². The van der Waals surface area contributed by atoms with Crippen LogP contribution in [0.3, 0.4) is 0 Å². The van der Waals surface area contributed by atoms with Crippen LogP contribution >= 0.6 is 0 Å². The molecule has 4 rings (SSSR count). The fraction of sp³-hybridized carbons (Fsp3) is 0.929. The third-order valence-electron chi connectivity index (χ3n) is 6.03. The minimum Gasteiger partial charge on any atom is -0.481 e. The summed E-state index contributed by atoms with van der Waals surface area (Å²) in [6.07, 6.45) is 4.93. The molecule has 0 aromatic rings. The second-order valence-electron chi connectivity index (χ2n) is 6.95. The van der Waals surface area contributed by atoms with Crippen molar-refractivity contribution < 1.29 is 14.8 Å². The molecular weight excluding hydrogens is 246 g/mol. The Balaban J connectivity index is 1.96. The molecule has 0 heterocycles. The zero-order valence-corrected chi connectivity index (χ0v) is 11.2. The molecule has 4 fully saturated rings. The number of hydrogen-bond donors (Lipinski definition) is 1. The Kier molecular flexibility index (Phi) is 2.84. The molecule has 0 radical (unpaired) electrons. The molecule has 4 saturated carbocycles. The number of aliphatic carboxylic acids is 1. The second kappa shape index (κ2) is 4.18. The maximum Gasteiger partial charge on any atom is 0.303 e. The summed E-state index contributed by atoms with van der Waals surface area (Å²) in [4.78, 5) is 22.7. The van der Waals surface area contributed by atoms with E-state index in [1.807, 2.05) is 0 Å². The van der Waals surface area contributed by atoms with Crippen molar-refractivity contribution in [3.63, 3.8) is 0 Å². The fourth-order valence-corrected chi connectivity index (χ4v) is 5.65. The summed E-state index contributed by atoms with van der Waals surface area (Å²) < 4.78 is 0. The summed E-state index contributed by atoms with van der Waals surface area (Å²) in [6.45, 7) is 1.78. The Morgan fingerprint density at radius 3 is 2.11 bits per heavy atom. The van der Waals surface area contributed by atoms with Crippen molar-refractivity contribution in [2.24, 2.45) is 29.6 Å². The molecule has 0 aliphatic heterocycles. The first-order valence-corrected chi connectivity index (χ1v) is 7.30. The van der Waals surface area contributed by atoms with E-state index >= 15 is 0 Å². The molecule has 0 saturated heterocycles. The second-order valence-corrected chi connectivity index (χ2v) is 6.95. The Morgan fingerprint density at radius 2 is 1.74 bits per heavy atom. The summed E-state index contributed by atoms with van der Waals surface area (Å²) in [7, 11) is 0. The Labute approximate surface area is 112 Å². The highest BCUT2D eigenvalue weighted by molar-refractivity contribution is 5.67. The van der Waals surface area contributed by atoms with Crippen LogP contribution in [0, 0.1) is 39.7 Å². The highest BCUT2D eigenvalue weighted by Crippen LogP contribution is 2.61. The molecule has 4 aliphatic rings. The third-order valence-corrected chi connectivity index (χ3v) is 6.03. The van der Waals surface area contributed by atoms with Gasteiger partial charge in [0.25, 0.3) is 0 Å². The molecule has 1 unspecified atom stereocenters. The van der Waals surface area contributed by atoms with E-state index in [0.717, 1.165) is 25.7 Å². The average Bonchev–Trinajstić information content (AvgIpc) is 2.25. The predicted molar refractivity (Wildman–Crippen MR) is 68.2 cm³/mol. The Hall–Kier alpha value is -1.13. The number of carboxylic acid groups (broad SMARTS) is 1. The summed E-state index contributed by atoms with van der Waals surface area (Å²) in [5.41, 5.74) is -0.966. The lowest BCUT2D eigenvalue weighted by Crippen LogP contribution is -2.65. The molecule has 1 N–H and O–H groups in total. The molecule has 19 heavy (non-hydrogen) atoms. The lowest BCUT2D eigenvalue weighted by atomic mass is 9.46. The van der Waals surface area contributed by atoms with Gasteiger partial charge in [0, 0.05) is 22.7 Å². The van der Waals surface area contributed by atoms with E-state index < -0.39 is 11.5 Å². The summed E-state index contributed by atoms with van der Waals surface area (Å²) >= 11 is 0. The van der Waals surface area contributed by atoms with Gasteiger partial charge in [-0.1, -0.05) is 6.92 Å². The monoisotopic (exact) mass is 267 g/mol. The van der Waals surface area contributed by atoms with Crippen LogP contribution in [-0.2, 0) is 4.79 Å². The number of carbonyl (C=O) groups is 1. The molecule has 1 atom stereocenters. The highest BCUT2D eigenvalue weighted by Gasteiger charge is 2.67. The molecule has 4 aliphatic carbocycles. The van der Waals surface area contributed by atoms with Crippen LogP contribution in [0.15, 0.2) is 0 Å². The quantitative estimate of drug-likeness (QED) is 0.627. The Morgan fingerprint density at radius 1 is 1.26 bits per heavy atom. The first kappa shape index (κ1) is 12.9. The minimum atomic E-state index is -0.966. The van der Waals surface area contributed by atoms with Gasteiger partial charge in [-0.05, 0) is 43.9 Å². The van der Waals surface area contributed by atoms with Crippen molar-refractivity contribution in [2.75, 3.05) is 0 Å². The van der Waals surface area contributed by atoms with E-state index in [9.17, 15) is 14.9 Å². The van der Waals surface area contributed by atoms with Crippen molar-refractivity contribution >= 4 is 5.97 Å². The van der Waals surface area contributed by atoms with Gasteiger partial charge in [-0.15, -0.1) is 0 Å². The smallest absolute Gasteiger partial charge is 0.303 e. The van der Waals surface area contributed by atoms with Crippen LogP contribution < -0.4 is 0 Å². The van der Waals surface area contributed by atoms with Crippen LogP contribution in [0.5, 0.6) is 0 Å². The molecule has 5 heteroatoms. The molecule has 0 aromatic heterocycles. The van der Waals surface area contributed by atoms with Gasteiger partial charge in [-0.2, -0.15) is 0 Å². The molecule has 106 valence electrons. The number of carboxylic acids is 1. The van der Waals surface area contributed by atoms with Crippen molar-refractivity contribution in [1.29, 1.82) is 0 Å². The van der Waals surface area contributed by atoms with E-state index in [2.05, 4.69) is 0 Å². The van der Waals surface area contributed by atoms with E-state index in [1.54, 1.807) is 6.92 Å². The first-order valence-electron chi connectivity index (χ1n) is 7.30. The van der Waals surface area contributed by atoms with Crippen molar-refractivity contribution in [3.8, 4) is 0 Å². The van der Waals surface area contributed by atoms with E-state index in [4.69, 9.17) is 5.11 Å². The van der Waals surface area contributed by atoms with E-state index in [1.165, 1.54) is 6.42 Å². The SMILES string of the molecule is CC(CC(=O)O)C1([N+](=O)[O-])C2CC3CC(C2)CC1C3. The lowest BCUT2D eigenvalue weighted by molar-refractivity contribution is -0.614. The van der Waals surface area contributed by atoms with Crippen LogP contribution in [0.4, 0.5) is 0 Å². The molecule has 0 aromatic carbocycles. The Bertz CT molecular complexity index is 392. The zero-order valence-electron chi connectivity index (χ0n) is 11.2. The van der Waals surface area contributed by atoms with Gasteiger partial charge in [-0.3, -0.25) is 14.9 Å². The third kappa shape index (κ3) is 1.70. The fourth-order valence-electron chi connectivity index (χ4n) is 5.65.